The fourth-order valence-corrected chi connectivity index (χ4v) is 4.01. The van der Waals surface area contributed by atoms with E-state index in [1.54, 1.807) is 0 Å². The van der Waals surface area contributed by atoms with Gasteiger partial charge in [-0.2, -0.15) is 0 Å². The second-order valence-corrected chi connectivity index (χ2v) is 7.33. The number of ether oxygens (including phenoxy) is 1. The number of aromatic amines is 1. The van der Waals surface area contributed by atoms with Crippen LogP contribution in [0.4, 0.5) is 0 Å². The molecule has 1 aliphatic carbocycles. The van der Waals surface area contributed by atoms with E-state index in [-0.39, 0.29) is 18.8 Å². The van der Waals surface area contributed by atoms with Crippen LogP contribution < -0.4 is 0 Å². The largest absolute Gasteiger partial charge is 0.457 e. The van der Waals surface area contributed by atoms with Crippen LogP contribution in [-0.2, 0) is 22.4 Å². The van der Waals surface area contributed by atoms with E-state index in [2.05, 4.69) is 17.1 Å². The van der Waals surface area contributed by atoms with Gasteiger partial charge < -0.3 is 9.72 Å². The average molecular weight is 381 g/mol. The molecule has 0 atom stereocenters. The highest BCUT2D eigenvalue weighted by atomic mass is 16.5. The first-order valence-corrected chi connectivity index (χ1v) is 9.64. The number of ketones is 1. The molecule has 3 aromatic carbocycles. The molecule has 0 saturated carbocycles. The molecule has 1 aromatic heterocycles. The lowest BCUT2D eigenvalue weighted by Gasteiger charge is -2.07. The number of rotatable bonds is 5. The number of aromatic nitrogens is 1. The molecule has 0 bridgehead atoms. The Bertz CT molecular complexity index is 1250. The van der Waals surface area contributed by atoms with Crippen LogP contribution in [0.25, 0.3) is 22.0 Å². The predicted octanol–water partition coefficient (Wildman–Crippen LogP) is 4.71. The van der Waals surface area contributed by atoms with E-state index in [1.165, 1.54) is 16.7 Å². The molecule has 0 radical (unpaired) electrons. The Labute approximate surface area is 168 Å². The third-order valence-corrected chi connectivity index (χ3v) is 5.49. The molecule has 4 aromatic rings. The van der Waals surface area contributed by atoms with Gasteiger partial charge in [0, 0.05) is 22.7 Å². The van der Waals surface area contributed by atoms with Gasteiger partial charge in [-0.25, -0.2) is 0 Å². The number of hydrogen-bond acceptors (Lipinski definition) is 3. The highest BCUT2D eigenvalue weighted by molar-refractivity contribution is 6.00. The zero-order valence-electron chi connectivity index (χ0n) is 15.8. The normalized spacial score (nSPS) is 11.9. The number of benzene rings is 3. The van der Waals surface area contributed by atoms with Crippen molar-refractivity contribution >= 4 is 22.7 Å². The summed E-state index contributed by atoms with van der Waals surface area (Å²) in [6, 6.07) is 21.8. The molecule has 4 nitrogen and oxygen atoms in total. The molecule has 0 unspecified atom stereocenters. The lowest BCUT2D eigenvalue weighted by molar-refractivity contribution is -0.141. The lowest BCUT2D eigenvalue weighted by Crippen LogP contribution is -2.15. The molecular formula is C25H19NO3. The second-order valence-electron chi connectivity index (χ2n) is 7.33. The average Bonchev–Trinajstić information content (AvgIpc) is 3.33. The molecule has 142 valence electrons. The van der Waals surface area contributed by atoms with Gasteiger partial charge >= 0.3 is 5.97 Å². The van der Waals surface area contributed by atoms with Crippen molar-refractivity contribution in [2.24, 2.45) is 0 Å². The first-order valence-electron chi connectivity index (χ1n) is 9.64. The Morgan fingerprint density at radius 2 is 1.69 bits per heavy atom. The molecule has 0 aliphatic heterocycles. The number of H-pyrrole nitrogens is 1. The monoisotopic (exact) mass is 381 g/mol. The molecule has 0 fully saturated rings. The van der Waals surface area contributed by atoms with E-state index in [0.29, 0.717) is 5.56 Å². The van der Waals surface area contributed by atoms with Crippen LogP contribution in [0.2, 0.25) is 0 Å². The van der Waals surface area contributed by atoms with Gasteiger partial charge in [-0.3, -0.25) is 9.59 Å². The number of carbonyl (C=O) groups is 2. The van der Waals surface area contributed by atoms with E-state index in [4.69, 9.17) is 4.74 Å². The highest BCUT2D eigenvalue weighted by Crippen LogP contribution is 2.36. The van der Waals surface area contributed by atoms with Crippen LogP contribution in [0.1, 0.15) is 27.0 Å². The van der Waals surface area contributed by atoms with Gasteiger partial charge in [0.1, 0.15) is 0 Å². The van der Waals surface area contributed by atoms with E-state index in [0.717, 1.165) is 28.5 Å². The molecule has 1 aliphatic rings. The smallest absolute Gasteiger partial charge is 0.310 e. The molecule has 5 rings (SSSR count). The Morgan fingerprint density at radius 3 is 2.62 bits per heavy atom. The van der Waals surface area contributed by atoms with Gasteiger partial charge in [-0.15, -0.1) is 0 Å². The van der Waals surface area contributed by atoms with Crippen molar-refractivity contribution in [1.82, 2.24) is 4.98 Å². The fraction of sp³-hybridized carbons (Fsp3) is 0.120. The highest BCUT2D eigenvalue weighted by Gasteiger charge is 2.20. The summed E-state index contributed by atoms with van der Waals surface area (Å²) in [6.45, 7) is -0.248. The minimum absolute atomic E-state index is 0.134. The summed E-state index contributed by atoms with van der Waals surface area (Å²) >= 11 is 0. The molecule has 4 heteroatoms. The maximum Gasteiger partial charge on any atom is 0.310 e. The zero-order chi connectivity index (χ0) is 19.8. The Hall–Kier alpha value is -3.66. The molecular weight excluding hydrogens is 362 g/mol. The number of hydrogen-bond donors (Lipinski definition) is 1. The SMILES string of the molecule is O=C(Cc1c[nH]c2ccccc12)OCC(=O)c1ccc2c(c1)-c1ccccc1C2. The van der Waals surface area contributed by atoms with Crippen LogP contribution >= 0.6 is 0 Å². The van der Waals surface area contributed by atoms with E-state index in [9.17, 15) is 9.59 Å². The number of Topliss-reactive ketones (excluding diaryl/α,β-unsaturated/α-hetero) is 1. The predicted molar refractivity (Wildman–Crippen MR) is 112 cm³/mol. The van der Waals surface area contributed by atoms with Crippen LogP contribution in [0.15, 0.2) is 72.9 Å². The third-order valence-electron chi connectivity index (χ3n) is 5.49. The third kappa shape index (κ3) is 3.23. The Morgan fingerprint density at radius 1 is 0.897 bits per heavy atom. The summed E-state index contributed by atoms with van der Waals surface area (Å²) in [5.74, 6) is -0.598. The number of nitrogens with one attached hydrogen (secondary N) is 1. The summed E-state index contributed by atoms with van der Waals surface area (Å²) < 4.78 is 5.27. The minimum Gasteiger partial charge on any atom is -0.457 e. The fourth-order valence-electron chi connectivity index (χ4n) is 4.01. The van der Waals surface area contributed by atoms with Crippen molar-refractivity contribution in [2.75, 3.05) is 6.61 Å². The standard InChI is InChI=1S/C25H19NO3/c27-24(15-29-25(28)13-19-14-26-23-8-4-3-7-21(19)23)18-10-9-17-11-16-5-1-2-6-20(16)22(17)12-18/h1-10,12,14,26H,11,13,15H2. The van der Waals surface area contributed by atoms with Crippen molar-refractivity contribution in [3.05, 3.63) is 95.2 Å². The maximum absolute atomic E-state index is 12.6. The van der Waals surface area contributed by atoms with E-state index >= 15 is 0 Å². The van der Waals surface area contributed by atoms with Gasteiger partial charge in [0.15, 0.2) is 12.4 Å². The van der Waals surface area contributed by atoms with E-state index in [1.807, 2.05) is 60.8 Å². The van der Waals surface area contributed by atoms with Crippen LogP contribution in [0.3, 0.4) is 0 Å². The summed E-state index contributed by atoms with van der Waals surface area (Å²) in [6.07, 6.45) is 2.83. The number of carbonyl (C=O) groups excluding carboxylic acids is 2. The van der Waals surface area contributed by atoms with Crippen LogP contribution in [-0.4, -0.2) is 23.3 Å². The first kappa shape index (κ1) is 17.4. The zero-order valence-corrected chi connectivity index (χ0v) is 15.8. The van der Waals surface area contributed by atoms with Gasteiger partial charge in [-0.1, -0.05) is 54.6 Å². The molecule has 29 heavy (non-hydrogen) atoms. The summed E-state index contributed by atoms with van der Waals surface area (Å²) in [5, 5.41) is 0.994. The van der Waals surface area contributed by atoms with Crippen molar-refractivity contribution < 1.29 is 14.3 Å². The molecule has 1 heterocycles. The van der Waals surface area contributed by atoms with Crippen LogP contribution in [0, 0.1) is 0 Å². The molecule has 0 amide bonds. The lowest BCUT2D eigenvalue weighted by atomic mass is 10.0. The summed E-state index contributed by atoms with van der Waals surface area (Å²) in [4.78, 5) is 28.0. The van der Waals surface area contributed by atoms with Crippen molar-refractivity contribution in [3.63, 3.8) is 0 Å². The van der Waals surface area contributed by atoms with Crippen molar-refractivity contribution in [2.45, 2.75) is 12.8 Å². The number of esters is 1. The van der Waals surface area contributed by atoms with Gasteiger partial charge in [0.25, 0.3) is 0 Å². The molecule has 0 spiro atoms. The second kappa shape index (κ2) is 7.06. The van der Waals surface area contributed by atoms with Crippen molar-refractivity contribution in [1.29, 1.82) is 0 Å². The number of fused-ring (bicyclic) bond motifs is 4. The Balaban J connectivity index is 1.26. The first-order chi connectivity index (χ1) is 14.2. The van der Waals surface area contributed by atoms with E-state index < -0.39 is 5.97 Å². The van der Waals surface area contributed by atoms with Crippen LogP contribution in [0.5, 0.6) is 0 Å². The van der Waals surface area contributed by atoms with Gasteiger partial charge in [-0.05, 0) is 46.4 Å². The maximum atomic E-state index is 12.6. The summed E-state index contributed by atoms with van der Waals surface area (Å²) in [7, 11) is 0. The van der Waals surface area contributed by atoms with Crippen molar-refractivity contribution in [3.8, 4) is 11.1 Å². The minimum atomic E-state index is -0.408. The van der Waals surface area contributed by atoms with Gasteiger partial charge in [0.05, 0.1) is 6.42 Å². The summed E-state index contributed by atoms with van der Waals surface area (Å²) in [5.41, 5.74) is 7.18. The van der Waals surface area contributed by atoms with Gasteiger partial charge in [0.2, 0.25) is 0 Å². The Kier molecular flexibility index (Phi) is 4.24. The molecule has 1 N–H and O–H groups in total. The number of para-hydroxylation sites is 1. The quantitative estimate of drug-likeness (QED) is 0.354. The topological polar surface area (TPSA) is 59.2 Å². The molecule has 0 saturated heterocycles.